The largest absolute Gasteiger partial charge is 0.491 e. The smallest absolute Gasteiger partial charge is 0.410 e. The molecule has 186 valence electrons. The molecule has 0 saturated carbocycles. The van der Waals surface area contributed by atoms with E-state index in [0.29, 0.717) is 29.0 Å². The fourth-order valence-electron chi connectivity index (χ4n) is 3.81. The number of nitrogens with zero attached hydrogens (tertiary/aromatic N) is 1. The lowest BCUT2D eigenvalue weighted by molar-refractivity contribution is 0.0499. The lowest BCUT2D eigenvalue weighted by Crippen LogP contribution is -2.40. The Bertz CT molecular complexity index is 1340. The zero-order valence-corrected chi connectivity index (χ0v) is 20.1. The summed E-state index contributed by atoms with van der Waals surface area (Å²) in [7, 11) is 0. The summed E-state index contributed by atoms with van der Waals surface area (Å²) in [5.41, 5.74) is 1.94. The van der Waals surface area contributed by atoms with Crippen molar-refractivity contribution in [2.24, 2.45) is 0 Å². The molecule has 7 nitrogen and oxygen atoms in total. The molecule has 4 aromatic rings. The van der Waals surface area contributed by atoms with Crippen LogP contribution in [0.3, 0.4) is 0 Å². The highest BCUT2D eigenvalue weighted by Gasteiger charge is 2.19. The van der Waals surface area contributed by atoms with E-state index < -0.39 is 12.2 Å². The molecular weight excluding hydrogens is 458 g/mol. The van der Waals surface area contributed by atoms with E-state index in [-0.39, 0.29) is 25.2 Å². The topological polar surface area (TPSA) is 89.2 Å². The molecule has 0 saturated heterocycles. The highest BCUT2D eigenvalue weighted by atomic mass is 16.6. The number of carbonyl (C=O) groups is 1. The van der Waals surface area contributed by atoms with Gasteiger partial charge in [0.1, 0.15) is 36.4 Å². The van der Waals surface area contributed by atoms with E-state index in [4.69, 9.17) is 13.9 Å². The van der Waals surface area contributed by atoms with Crippen LogP contribution in [0.25, 0.3) is 22.3 Å². The van der Waals surface area contributed by atoms with Crippen LogP contribution in [0.2, 0.25) is 0 Å². The summed E-state index contributed by atoms with van der Waals surface area (Å²) in [6.07, 6.45) is -0.693. The maximum Gasteiger partial charge on any atom is 0.410 e. The SMILES string of the molecule is CCCN(CC(O)COc1ccc2c(=O)cc(-c3ccccc3)oc2c1)C(=O)OCc1ccccc1. The molecule has 0 aliphatic rings. The summed E-state index contributed by atoms with van der Waals surface area (Å²) in [6.45, 7) is 2.60. The monoisotopic (exact) mass is 487 g/mol. The third-order valence-corrected chi connectivity index (χ3v) is 5.59. The van der Waals surface area contributed by atoms with E-state index in [1.165, 1.54) is 11.0 Å². The van der Waals surface area contributed by atoms with Gasteiger partial charge in [-0.3, -0.25) is 4.79 Å². The van der Waals surface area contributed by atoms with E-state index in [1.807, 2.05) is 67.6 Å². The predicted molar refractivity (Wildman–Crippen MR) is 138 cm³/mol. The first-order chi connectivity index (χ1) is 17.5. The Balaban J connectivity index is 1.38. The summed E-state index contributed by atoms with van der Waals surface area (Å²) in [4.78, 5) is 26.6. The number of hydrogen-bond acceptors (Lipinski definition) is 6. The molecule has 1 amide bonds. The minimum absolute atomic E-state index is 0.0414. The highest BCUT2D eigenvalue weighted by Crippen LogP contribution is 2.25. The minimum atomic E-state index is -0.931. The van der Waals surface area contributed by atoms with Crippen molar-refractivity contribution >= 4 is 17.1 Å². The first kappa shape index (κ1) is 25.0. The molecule has 7 heteroatoms. The third kappa shape index (κ3) is 6.52. The maximum atomic E-state index is 12.6. The van der Waals surface area contributed by atoms with Gasteiger partial charge in [-0.05, 0) is 24.1 Å². The number of fused-ring (bicyclic) bond motifs is 1. The van der Waals surface area contributed by atoms with Crippen molar-refractivity contribution < 1.29 is 23.8 Å². The van der Waals surface area contributed by atoms with Crippen LogP contribution in [0.1, 0.15) is 18.9 Å². The van der Waals surface area contributed by atoms with Crippen molar-refractivity contribution in [2.75, 3.05) is 19.7 Å². The van der Waals surface area contributed by atoms with Gasteiger partial charge in [-0.15, -0.1) is 0 Å². The second kappa shape index (κ2) is 12.0. The molecule has 4 rings (SSSR count). The molecule has 1 unspecified atom stereocenters. The van der Waals surface area contributed by atoms with Crippen LogP contribution in [-0.4, -0.2) is 41.9 Å². The van der Waals surface area contributed by atoms with Crippen LogP contribution in [0.15, 0.2) is 94.1 Å². The lowest BCUT2D eigenvalue weighted by Gasteiger charge is -2.24. The average Bonchev–Trinajstić information content (AvgIpc) is 2.91. The molecule has 0 bridgehead atoms. The summed E-state index contributed by atoms with van der Waals surface area (Å²) in [5, 5.41) is 11.0. The molecule has 1 aromatic heterocycles. The zero-order chi connectivity index (χ0) is 25.3. The Morgan fingerprint density at radius 2 is 1.72 bits per heavy atom. The summed E-state index contributed by atoms with van der Waals surface area (Å²) < 4.78 is 17.1. The number of aliphatic hydroxyl groups is 1. The second-order valence-corrected chi connectivity index (χ2v) is 8.45. The van der Waals surface area contributed by atoms with Gasteiger partial charge in [-0.2, -0.15) is 0 Å². The average molecular weight is 488 g/mol. The summed E-state index contributed by atoms with van der Waals surface area (Å²) in [5.74, 6) is 0.915. The van der Waals surface area contributed by atoms with Gasteiger partial charge in [0.2, 0.25) is 0 Å². The van der Waals surface area contributed by atoms with E-state index in [0.717, 1.165) is 17.5 Å². The van der Waals surface area contributed by atoms with Gasteiger partial charge in [0, 0.05) is 24.2 Å². The predicted octanol–water partition coefficient (Wildman–Crippen LogP) is 5.25. The molecule has 0 radical (unpaired) electrons. The number of ether oxygens (including phenoxy) is 2. The Labute approximate surface area is 209 Å². The van der Waals surface area contributed by atoms with E-state index in [9.17, 15) is 14.7 Å². The first-order valence-electron chi connectivity index (χ1n) is 11.9. The van der Waals surface area contributed by atoms with Crippen molar-refractivity contribution in [3.8, 4) is 17.1 Å². The van der Waals surface area contributed by atoms with Gasteiger partial charge in [0.25, 0.3) is 0 Å². The fourth-order valence-corrected chi connectivity index (χ4v) is 3.81. The van der Waals surface area contributed by atoms with Crippen LogP contribution in [0, 0.1) is 0 Å². The summed E-state index contributed by atoms with van der Waals surface area (Å²) >= 11 is 0. The fraction of sp³-hybridized carbons (Fsp3) is 0.241. The minimum Gasteiger partial charge on any atom is -0.491 e. The van der Waals surface area contributed by atoms with Crippen molar-refractivity contribution in [1.29, 1.82) is 0 Å². The van der Waals surface area contributed by atoms with Crippen LogP contribution < -0.4 is 10.2 Å². The number of hydrogen-bond donors (Lipinski definition) is 1. The van der Waals surface area contributed by atoms with Crippen LogP contribution in [0.5, 0.6) is 5.75 Å². The highest BCUT2D eigenvalue weighted by molar-refractivity contribution is 5.80. The van der Waals surface area contributed by atoms with Gasteiger partial charge in [-0.1, -0.05) is 67.6 Å². The second-order valence-electron chi connectivity index (χ2n) is 8.45. The van der Waals surface area contributed by atoms with Crippen molar-refractivity contribution in [3.63, 3.8) is 0 Å². The molecule has 1 atom stereocenters. The number of rotatable bonds is 10. The number of carbonyl (C=O) groups excluding carboxylic acids is 1. The van der Waals surface area contributed by atoms with Gasteiger partial charge in [-0.25, -0.2) is 4.79 Å². The quantitative estimate of drug-likeness (QED) is 0.329. The number of amides is 1. The molecule has 0 aliphatic carbocycles. The number of benzene rings is 3. The standard InChI is InChI=1S/C29H29NO6/c1-2-15-30(29(33)35-19-21-9-5-3-6-10-21)18-23(31)20-34-24-13-14-25-26(32)17-27(36-28(25)16-24)22-11-7-4-8-12-22/h3-14,16-17,23,31H,2,15,18-20H2,1H3. The van der Waals surface area contributed by atoms with Crippen molar-refractivity contribution in [3.05, 3.63) is 101 Å². The molecule has 36 heavy (non-hydrogen) atoms. The lowest BCUT2D eigenvalue weighted by atomic mass is 10.1. The van der Waals surface area contributed by atoms with E-state index >= 15 is 0 Å². The molecule has 0 aliphatic heterocycles. The zero-order valence-electron chi connectivity index (χ0n) is 20.1. The first-order valence-corrected chi connectivity index (χ1v) is 11.9. The third-order valence-electron chi connectivity index (χ3n) is 5.59. The van der Waals surface area contributed by atoms with E-state index in [2.05, 4.69) is 0 Å². The molecular formula is C29H29NO6. The van der Waals surface area contributed by atoms with Crippen LogP contribution >= 0.6 is 0 Å². The van der Waals surface area contributed by atoms with Crippen molar-refractivity contribution in [2.45, 2.75) is 26.1 Å². The van der Waals surface area contributed by atoms with Gasteiger partial charge < -0.3 is 23.9 Å². The Morgan fingerprint density at radius 1 is 1.00 bits per heavy atom. The van der Waals surface area contributed by atoms with Gasteiger partial charge >= 0.3 is 6.09 Å². The Hall–Kier alpha value is -4.10. The molecule has 0 fully saturated rings. The van der Waals surface area contributed by atoms with Gasteiger partial charge in [0.05, 0.1) is 11.9 Å². The van der Waals surface area contributed by atoms with Crippen LogP contribution in [0.4, 0.5) is 4.79 Å². The molecule has 1 heterocycles. The Morgan fingerprint density at radius 3 is 2.44 bits per heavy atom. The normalized spacial score (nSPS) is 11.7. The van der Waals surface area contributed by atoms with E-state index in [1.54, 1.807) is 18.2 Å². The van der Waals surface area contributed by atoms with Gasteiger partial charge in [0.15, 0.2) is 5.43 Å². The molecule has 3 aromatic carbocycles. The summed E-state index contributed by atoms with van der Waals surface area (Å²) in [6, 6.07) is 25.2. The molecule has 0 spiro atoms. The molecule has 1 N–H and O–H groups in total. The number of aliphatic hydroxyl groups excluding tert-OH is 1. The Kier molecular flexibility index (Phi) is 8.36. The van der Waals surface area contributed by atoms with Crippen molar-refractivity contribution in [1.82, 2.24) is 4.90 Å². The maximum absolute atomic E-state index is 12.6. The van der Waals surface area contributed by atoms with Crippen LogP contribution in [-0.2, 0) is 11.3 Å².